The topological polar surface area (TPSA) is 130 Å². The summed E-state index contributed by atoms with van der Waals surface area (Å²) in [6, 6.07) is 3.22. The molecule has 1 aromatic heterocycles. The van der Waals surface area contributed by atoms with E-state index in [-0.39, 0.29) is 11.3 Å². The summed E-state index contributed by atoms with van der Waals surface area (Å²) in [6.45, 7) is 1.90. The summed E-state index contributed by atoms with van der Waals surface area (Å²) < 4.78 is 5.85. The molecule has 1 heterocycles. The minimum Gasteiger partial charge on any atom is -0.465 e. The van der Waals surface area contributed by atoms with Crippen molar-refractivity contribution in [2.24, 2.45) is 0 Å². The smallest absolute Gasteiger partial charge is 0.341 e. The number of carbonyl (C=O) groups is 1. The quantitative estimate of drug-likeness (QED) is 0.450. The maximum absolute atomic E-state index is 11.8. The Labute approximate surface area is 136 Å². The summed E-state index contributed by atoms with van der Waals surface area (Å²) in [5.74, 6) is -0.603. The molecule has 0 saturated carbocycles. The first-order chi connectivity index (χ1) is 11.4. The molecule has 0 aliphatic carbocycles. The fourth-order valence-electron chi connectivity index (χ4n) is 2.20. The van der Waals surface area contributed by atoms with Gasteiger partial charge in [0.15, 0.2) is 0 Å². The van der Waals surface area contributed by atoms with Crippen molar-refractivity contribution in [1.29, 1.82) is 0 Å². The van der Waals surface area contributed by atoms with Crippen molar-refractivity contribution >= 4 is 17.3 Å². The van der Waals surface area contributed by atoms with Gasteiger partial charge in [-0.15, -0.1) is 0 Å². The average molecular weight is 334 g/mol. The van der Waals surface area contributed by atoms with Crippen LogP contribution in [0.4, 0.5) is 11.4 Å². The Balaban J connectivity index is 2.61. The molecule has 0 radical (unpaired) electrons. The van der Waals surface area contributed by atoms with Crippen LogP contribution >= 0.6 is 0 Å². The van der Waals surface area contributed by atoms with E-state index in [9.17, 15) is 25.0 Å². The van der Waals surface area contributed by atoms with Gasteiger partial charge in [0.1, 0.15) is 11.3 Å². The van der Waals surface area contributed by atoms with E-state index < -0.39 is 27.2 Å². The predicted molar refractivity (Wildman–Crippen MR) is 82.2 cm³/mol. The molecule has 0 saturated heterocycles. The normalized spacial score (nSPS) is 10.4. The highest BCUT2D eigenvalue weighted by atomic mass is 16.6. The lowest BCUT2D eigenvalue weighted by Crippen LogP contribution is -2.03. The molecule has 0 aliphatic rings. The van der Waals surface area contributed by atoms with E-state index in [0.29, 0.717) is 18.5 Å². The zero-order valence-electron chi connectivity index (χ0n) is 13.0. The molecule has 24 heavy (non-hydrogen) atoms. The van der Waals surface area contributed by atoms with Crippen LogP contribution in [0.15, 0.2) is 24.4 Å². The second-order valence-corrected chi connectivity index (χ2v) is 4.86. The average Bonchev–Trinajstić information content (AvgIpc) is 2.97. The summed E-state index contributed by atoms with van der Waals surface area (Å²) in [5.41, 5.74) is -0.215. The Morgan fingerprint density at radius 3 is 2.54 bits per heavy atom. The van der Waals surface area contributed by atoms with Crippen LogP contribution in [0.5, 0.6) is 0 Å². The molecule has 0 aliphatic heterocycles. The summed E-state index contributed by atoms with van der Waals surface area (Å²) >= 11 is 0. The number of nitro groups is 2. The summed E-state index contributed by atoms with van der Waals surface area (Å²) in [6.07, 6.45) is 2.52. The number of esters is 1. The van der Waals surface area contributed by atoms with E-state index >= 15 is 0 Å². The van der Waals surface area contributed by atoms with E-state index in [1.807, 2.05) is 6.92 Å². The molecule has 10 heteroatoms. The van der Waals surface area contributed by atoms with Crippen molar-refractivity contribution in [3.8, 4) is 5.69 Å². The number of hydrogen-bond acceptors (Lipinski definition) is 7. The summed E-state index contributed by atoms with van der Waals surface area (Å²) in [5, 5.41) is 26.2. The lowest BCUT2D eigenvalue weighted by Gasteiger charge is -2.02. The molecule has 0 atom stereocenters. The van der Waals surface area contributed by atoms with Gasteiger partial charge in [-0.05, 0) is 12.5 Å². The number of aryl methyl sites for hydroxylation is 1. The standard InChI is InChI=1S/C14H14N4O6/c1-3-4-11-10(14(19)24-2)8-16(15-11)12-6-5-9(17(20)21)7-13(12)18(22)23/h5-8H,3-4H2,1-2H3. The molecule has 0 bridgehead atoms. The fourth-order valence-corrected chi connectivity index (χ4v) is 2.20. The molecule has 10 nitrogen and oxygen atoms in total. The Morgan fingerprint density at radius 1 is 1.29 bits per heavy atom. The largest absolute Gasteiger partial charge is 0.465 e. The highest BCUT2D eigenvalue weighted by Gasteiger charge is 2.24. The molecule has 2 aromatic rings. The van der Waals surface area contributed by atoms with Gasteiger partial charge < -0.3 is 4.74 Å². The molecule has 126 valence electrons. The van der Waals surface area contributed by atoms with E-state index in [1.54, 1.807) is 0 Å². The lowest BCUT2D eigenvalue weighted by atomic mass is 10.2. The van der Waals surface area contributed by atoms with Gasteiger partial charge >= 0.3 is 11.7 Å². The van der Waals surface area contributed by atoms with E-state index in [2.05, 4.69) is 9.84 Å². The third kappa shape index (κ3) is 3.21. The van der Waals surface area contributed by atoms with Gasteiger partial charge in [0.05, 0.1) is 28.7 Å². The Bertz CT molecular complexity index is 814. The van der Waals surface area contributed by atoms with Crippen LogP contribution in [0.1, 0.15) is 29.4 Å². The van der Waals surface area contributed by atoms with Crippen molar-refractivity contribution in [1.82, 2.24) is 9.78 Å². The Morgan fingerprint density at radius 2 is 2.00 bits per heavy atom. The number of nitrogens with zero attached hydrogens (tertiary/aromatic N) is 4. The number of non-ortho nitro benzene ring substituents is 1. The van der Waals surface area contributed by atoms with Crippen LogP contribution in [-0.4, -0.2) is 32.7 Å². The molecular formula is C14H14N4O6. The van der Waals surface area contributed by atoms with Gasteiger partial charge in [-0.2, -0.15) is 5.10 Å². The van der Waals surface area contributed by atoms with Crippen molar-refractivity contribution in [3.63, 3.8) is 0 Å². The first-order valence-corrected chi connectivity index (χ1v) is 6.99. The second-order valence-electron chi connectivity index (χ2n) is 4.86. The minimum absolute atomic E-state index is 0.0260. The van der Waals surface area contributed by atoms with Gasteiger partial charge in [0, 0.05) is 12.3 Å². The van der Waals surface area contributed by atoms with Crippen LogP contribution in [0, 0.1) is 20.2 Å². The zero-order valence-corrected chi connectivity index (χ0v) is 13.0. The fraction of sp³-hybridized carbons (Fsp3) is 0.286. The molecule has 0 N–H and O–H groups in total. The Kier molecular flexibility index (Phi) is 4.87. The van der Waals surface area contributed by atoms with Gasteiger partial charge in [-0.1, -0.05) is 13.3 Å². The van der Waals surface area contributed by atoms with Crippen LogP contribution in [0.2, 0.25) is 0 Å². The van der Waals surface area contributed by atoms with Crippen molar-refractivity contribution in [2.75, 3.05) is 7.11 Å². The molecule has 1 aromatic carbocycles. The highest BCUT2D eigenvalue weighted by molar-refractivity contribution is 5.90. The van der Waals surface area contributed by atoms with Gasteiger partial charge in [0.25, 0.3) is 5.69 Å². The molecule has 0 amide bonds. The summed E-state index contributed by atoms with van der Waals surface area (Å²) in [4.78, 5) is 32.4. The maximum Gasteiger partial charge on any atom is 0.341 e. The molecule has 2 rings (SSSR count). The third-order valence-electron chi connectivity index (χ3n) is 3.30. The monoisotopic (exact) mass is 334 g/mol. The zero-order chi connectivity index (χ0) is 17.9. The summed E-state index contributed by atoms with van der Waals surface area (Å²) in [7, 11) is 1.23. The van der Waals surface area contributed by atoms with Crippen molar-refractivity contribution in [3.05, 3.63) is 55.9 Å². The minimum atomic E-state index is -0.735. The number of ether oxygens (including phenoxy) is 1. The van der Waals surface area contributed by atoms with Crippen LogP contribution in [0.3, 0.4) is 0 Å². The SMILES string of the molecule is CCCc1nn(-c2ccc([N+](=O)[O-])cc2[N+](=O)[O-])cc1C(=O)OC. The van der Waals surface area contributed by atoms with Gasteiger partial charge in [-0.25, -0.2) is 9.48 Å². The van der Waals surface area contributed by atoms with Crippen molar-refractivity contribution in [2.45, 2.75) is 19.8 Å². The molecule has 0 fully saturated rings. The molecule has 0 unspecified atom stereocenters. The molecular weight excluding hydrogens is 320 g/mol. The molecule has 0 spiro atoms. The number of nitro benzene ring substituents is 2. The Hall–Kier alpha value is -3.30. The number of methoxy groups -OCH3 is 1. The third-order valence-corrected chi connectivity index (χ3v) is 3.30. The number of aromatic nitrogens is 2. The number of carbonyl (C=O) groups excluding carboxylic acids is 1. The predicted octanol–water partition coefficient (Wildman–Crippen LogP) is 2.43. The van der Waals surface area contributed by atoms with Crippen LogP contribution in [-0.2, 0) is 11.2 Å². The van der Waals surface area contributed by atoms with Crippen LogP contribution < -0.4 is 0 Å². The van der Waals surface area contributed by atoms with Gasteiger partial charge in [0.2, 0.25) is 0 Å². The van der Waals surface area contributed by atoms with E-state index in [1.165, 1.54) is 24.1 Å². The lowest BCUT2D eigenvalue weighted by molar-refractivity contribution is -0.394. The van der Waals surface area contributed by atoms with E-state index in [0.717, 1.165) is 12.1 Å². The van der Waals surface area contributed by atoms with Crippen molar-refractivity contribution < 1.29 is 19.4 Å². The van der Waals surface area contributed by atoms with Gasteiger partial charge in [-0.3, -0.25) is 20.2 Å². The maximum atomic E-state index is 11.8. The number of rotatable bonds is 6. The van der Waals surface area contributed by atoms with Crippen LogP contribution in [0.25, 0.3) is 5.69 Å². The van der Waals surface area contributed by atoms with E-state index in [4.69, 9.17) is 0 Å². The first kappa shape index (κ1) is 17.1. The second kappa shape index (κ2) is 6.86. The number of benzene rings is 1. The highest BCUT2D eigenvalue weighted by Crippen LogP contribution is 2.28. The first-order valence-electron chi connectivity index (χ1n) is 6.99. The number of hydrogen-bond donors (Lipinski definition) is 0.